The van der Waals surface area contributed by atoms with E-state index in [9.17, 15) is 9.18 Å². The summed E-state index contributed by atoms with van der Waals surface area (Å²) in [6.07, 6.45) is 0.113. The van der Waals surface area contributed by atoms with E-state index in [2.05, 4.69) is 10.1 Å². The maximum absolute atomic E-state index is 13.1. The van der Waals surface area contributed by atoms with Crippen molar-refractivity contribution in [2.75, 3.05) is 0 Å². The van der Waals surface area contributed by atoms with Gasteiger partial charge in [-0.05, 0) is 45.0 Å². The zero-order chi connectivity index (χ0) is 18.0. The predicted molar refractivity (Wildman–Crippen MR) is 91.7 cm³/mol. The van der Waals surface area contributed by atoms with E-state index in [1.807, 2.05) is 6.92 Å². The molecule has 0 aliphatic carbocycles. The van der Waals surface area contributed by atoms with Crippen molar-refractivity contribution in [3.8, 4) is 11.3 Å². The van der Waals surface area contributed by atoms with Crippen LogP contribution in [-0.2, 0) is 22.6 Å². The summed E-state index contributed by atoms with van der Waals surface area (Å²) in [6, 6.07) is 6.07. The van der Waals surface area contributed by atoms with Crippen LogP contribution in [0.1, 0.15) is 26.9 Å². The van der Waals surface area contributed by atoms with Crippen LogP contribution >= 0.6 is 11.3 Å². The molecule has 0 bridgehead atoms. The van der Waals surface area contributed by atoms with Gasteiger partial charge >= 0.3 is 5.97 Å². The van der Waals surface area contributed by atoms with E-state index in [4.69, 9.17) is 9.26 Å². The first-order chi connectivity index (χ1) is 11.9. The molecule has 0 aliphatic heterocycles. The fourth-order valence-corrected chi connectivity index (χ4v) is 3.41. The van der Waals surface area contributed by atoms with Crippen LogP contribution in [0.2, 0.25) is 0 Å². The number of thiazole rings is 1. The number of halogens is 1. The zero-order valence-electron chi connectivity index (χ0n) is 14.1. The number of carbonyl (C=O) groups is 1. The van der Waals surface area contributed by atoms with Crippen LogP contribution in [0.4, 0.5) is 4.39 Å². The number of ether oxygens (including phenoxy) is 1. The monoisotopic (exact) mass is 360 g/mol. The van der Waals surface area contributed by atoms with Gasteiger partial charge in [0, 0.05) is 10.4 Å². The maximum atomic E-state index is 13.1. The van der Waals surface area contributed by atoms with Crippen molar-refractivity contribution in [1.29, 1.82) is 0 Å². The second-order valence-electron chi connectivity index (χ2n) is 5.65. The third-order valence-corrected chi connectivity index (χ3v) is 4.76. The summed E-state index contributed by atoms with van der Waals surface area (Å²) in [5, 5.41) is 4.68. The van der Waals surface area contributed by atoms with E-state index in [0.717, 1.165) is 21.0 Å². The predicted octanol–water partition coefficient (Wildman–Crippen LogP) is 4.15. The highest BCUT2D eigenvalue weighted by molar-refractivity contribution is 7.12. The molecule has 0 saturated carbocycles. The number of hydrogen-bond donors (Lipinski definition) is 0. The fourth-order valence-electron chi connectivity index (χ4n) is 2.47. The van der Waals surface area contributed by atoms with Crippen LogP contribution in [0.5, 0.6) is 0 Å². The van der Waals surface area contributed by atoms with E-state index >= 15 is 0 Å². The third-order valence-electron chi connectivity index (χ3n) is 3.79. The van der Waals surface area contributed by atoms with Gasteiger partial charge in [0.05, 0.1) is 28.4 Å². The lowest BCUT2D eigenvalue weighted by atomic mass is 10.1. The molecule has 7 heteroatoms. The zero-order valence-corrected chi connectivity index (χ0v) is 14.9. The minimum Gasteiger partial charge on any atom is -0.460 e. The third kappa shape index (κ3) is 3.93. The molecule has 0 saturated heterocycles. The van der Waals surface area contributed by atoms with E-state index in [-0.39, 0.29) is 24.8 Å². The largest absolute Gasteiger partial charge is 0.460 e. The van der Waals surface area contributed by atoms with Gasteiger partial charge in [-0.3, -0.25) is 4.79 Å². The van der Waals surface area contributed by atoms with Gasteiger partial charge in [0.2, 0.25) is 0 Å². The Morgan fingerprint density at radius 2 is 1.96 bits per heavy atom. The molecule has 0 spiro atoms. The van der Waals surface area contributed by atoms with Crippen molar-refractivity contribution < 1.29 is 18.4 Å². The Kier molecular flexibility index (Phi) is 4.94. The van der Waals surface area contributed by atoms with Gasteiger partial charge in [0.25, 0.3) is 0 Å². The van der Waals surface area contributed by atoms with Gasteiger partial charge in [0.15, 0.2) is 0 Å². The lowest BCUT2D eigenvalue weighted by Gasteiger charge is -2.05. The lowest BCUT2D eigenvalue weighted by Crippen LogP contribution is -2.08. The van der Waals surface area contributed by atoms with Crippen LogP contribution in [-0.4, -0.2) is 16.1 Å². The standard InChI is InChI=1S/C18H17FN2O3S/c1-10-15(11(2)24-21-10)9-23-17(22)8-16-18(20-12(3)25-16)13-4-6-14(19)7-5-13/h4-7H,8-9H2,1-3H3. The Morgan fingerprint density at radius 3 is 2.60 bits per heavy atom. The highest BCUT2D eigenvalue weighted by Crippen LogP contribution is 2.29. The van der Waals surface area contributed by atoms with Crippen LogP contribution in [0.3, 0.4) is 0 Å². The molecule has 25 heavy (non-hydrogen) atoms. The van der Waals surface area contributed by atoms with E-state index in [1.165, 1.54) is 23.5 Å². The van der Waals surface area contributed by atoms with Gasteiger partial charge < -0.3 is 9.26 Å². The van der Waals surface area contributed by atoms with Crippen molar-refractivity contribution in [3.05, 3.63) is 57.0 Å². The van der Waals surface area contributed by atoms with Crippen LogP contribution in [0, 0.1) is 26.6 Å². The number of aromatic nitrogens is 2. The summed E-state index contributed by atoms with van der Waals surface area (Å²) >= 11 is 1.43. The number of nitrogens with zero attached hydrogens (tertiary/aromatic N) is 2. The second-order valence-corrected chi connectivity index (χ2v) is 6.94. The van der Waals surface area contributed by atoms with E-state index in [0.29, 0.717) is 17.1 Å². The van der Waals surface area contributed by atoms with Gasteiger partial charge in [0.1, 0.15) is 18.2 Å². The van der Waals surface area contributed by atoms with E-state index < -0.39 is 0 Å². The molecule has 2 heterocycles. The summed E-state index contributed by atoms with van der Waals surface area (Å²) in [6.45, 7) is 5.58. The number of aryl methyl sites for hydroxylation is 3. The normalized spacial score (nSPS) is 10.9. The van der Waals surface area contributed by atoms with Crippen LogP contribution in [0.15, 0.2) is 28.8 Å². The van der Waals surface area contributed by atoms with Crippen molar-refractivity contribution in [2.45, 2.75) is 33.8 Å². The molecule has 2 aromatic heterocycles. The minimum absolute atomic E-state index is 0.113. The van der Waals surface area contributed by atoms with Crippen molar-refractivity contribution in [1.82, 2.24) is 10.1 Å². The number of hydrogen-bond acceptors (Lipinski definition) is 6. The summed E-state index contributed by atoms with van der Waals surface area (Å²) < 4.78 is 23.5. The van der Waals surface area contributed by atoms with Gasteiger partial charge in [-0.15, -0.1) is 11.3 Å². The fraction of sp³-hybridized carbons (Fsp3) is 0.278. The molecule has 0 N–H and O–H groups in total. The van der Waals surface area contributed by atoms with Crippen molar-refractivity contribution in [2.24, 2.45) is 0 Å². The Morgan fingerprint density at radius 1 is 1.24 bits per heavy atom. The molecular weight excluding hydrogens is 343 g/mol. The molecule has 0 atom stereocenters. The van der Waals surface area contributed by atoms with Crippen LogP contribution < -0.4 is 0 Å². The number of rotatable bonds is 5. The summed E-state index contributed by atoms with van der Waals surface area (Å²) in [4.78, 5) is 17.5. The summed E-state index contributed by atoms with van der Waals surface area (Å²) in [7, 11) is 0. The van der Waals surface area contributed by atoms with Gasteiger partial charge in [-0.1, -0.05) is 5.16 Å². The Bertz CT molecular complexity index is 880. The first-order valence-corrected chi connectivity index (χ1v) is 8.55. The lowest BCUT2D eigenvalue weighted by molar-refractivity contribution is -0.144. The molecule has 5 nitrogen and oxygen atoms in total. The quantitative estimate of drug-likeness (QED) is 0.640. The molecule has 0 aliphatic rings. The van der Waals surface area contributed by atoms with E-state index in [1.54, 1.807) is 26.0 Å². The Labute approximate surface area is 148 Å². The first-order valence-electron chi connectivity index (χ1n) is 7.73. The Hall–Kier alpha value is -2.54. The van der Waals surface area contributed by atoms with Crippen molar-refractivity contribution >= 4 is 17.3 Å². The first kappa shape index (κ1) is 17.3. The smallest absolute Gasteiger partial charge is 0.311 e. The highest BCUT2D eigenvalue weighted by Gasteiger charge is 2.17. The molecule has 0 unspecified atom stereocenters. The number of esters is 1. The molecule has 0 fully saturated rings. The molecule has 3 aromatic rings. The average molecular weight is 360 g/mol. The highest BCUT2D eigenvalue weighted by atomic mass is 32.1. The molecule has 130 valence electrons. The molecule has 3 rings (SSSR count). The topological polar surface area (TPSA) is 65.2 Å². The average Bonchev–Trinajstić information content (AvgIpc) is 3.09. The molecule has 0 amide bonds. The minimum atomic E-state index is -0.355. The SMILES string of the molecule is Cc1nc(-c2ccc(F)cc2)c(CC(=O)OCc2c(C)noc2C)s1. The molecule has 0 radical (unpaired) electrons. The maximum Gasteiger partial charge on any atom is 0.311 e. The summed E-state index contributed by atoms with van der Waals surface area (Å²) in [5.41, 5.74) is 2.97. The number of benzene rings is 1. The Balaban J connectivity index is 1.72. The molecule has 1 aromatic carbocycles. The molecular formula is C18H17FN2O3S. The van der Waals surface area contributed by atoms with Crippen molar-refractivity contribution in [3.63, 3.8) is 0 Å². The van der Waals surface area contributed by atoms with Gasteiger partial charge in [-0.2, -0.15) is 0 Å². The van der Waals surface area contributed by atoms with Crippen LogP contribution in [0.25, 0.3) is 11.3 Å². The second kappa shape index (κ2) is 7.14. The summed E-state index contributed by atoms with van der Waals surface area (Å²) in [5.74, 6) is -0.0194. The number of carbonyl (C=O) groups excluding carboxylic acids is 1. The van der Waals surface area contributed by atoms with Gasteiger partial charge in [-0.25, -0.2) is 9.37 Å².